The first kappa shape index (κ1) is 60.1. The molecule has 1 atom stereocenters. The van der Waals surface area contributed by atoms with E-state index in [9.17, 15) is 0 Å². The van der Waals surface area contributed by atoms with Crippen LogP contribution in [0.3, 0.4) is 0 Å². The fraction of sp³-hybridized carbons (Fsp3) is 0.222. The Morgan fingerprint density at radius 2 is 0.663 bits per heavy atom. The molecule has 3 aliphatic carbocycles. The number of fused-ring (bicyclic) bond motifs is 6. The van der Waals surface area contributed by atoms with Crippen LogP contribution in [0.15, 0.2) is 273 Å². The summed E-state index contributed by atoms with van der Waals surface area (Å²) in [6.07, 6.45) is 5.69. The van der Waals surface area contributed by atoms with Crippen LogP contribution in [0.5, 0.6) is 0 Å². The third kappa shape index (κ3) is 11.0. The number of hydrogen-bond donors (Lipinski definition) is 0. The molecule has 0 heterocycles. The van der Waals surface area contributed by atoms with Crippen LogP contribution in [0.25, 0.3) is 72.3 Å². The second-order valence-electron chi connectivity index (χ2n) is 30.3. The van der Waals surface area contributed by atoms with Crippen molar-refractivity contribution in [1.82, 2.24) is 0 Å². The zero-order chi connectivity index (χ0) is 64.1. The highest BCUT2D eigenvalue weighted by Crippen LogP contribution is 2.54. The third-order valence-corrected chi connectivity index (χ3v) is 20.5. The molecule has 0 aromatic heterocycles. The molecule has 14 rings (SSSR count). The average molecular weight is 1200 g/mol. The van der Waals surface area contributed by atoms with Gasteiger partial charge in [-0.3, -0.25) is 0 Å². The first-order valence-electron chi connectivity index (χ1n) is 33.2. The van der Waals surface area contributed by atoms with E-state index in [4.69, 9.17) is 0 Å². The molecule has 0 radical (unpaired) electrons. The van der Waals surface area contributed by atoms with Gasteiger partial charge in [0, 0.05) is 45.0 Å². The molecule has 0 amide bonds. The van der Waals surface area contributed by atoms with Crippen molar-refractivity contribution in [3.8, 4) is 66.8 Å². The zero-order valence-electron chi connectivity index (χ0n) is 56.1. The van der Waals surface area contributed by atoms with Gasteiger partial charge in [0.1, 0.15) is 0 Å². The Bertz CT molecular complexity index is 4660. The molecule has 0 bridgehead atoms. The van der Waals surface area contributed by atoms with Crippen molar-refractivity contribution in [2.75, 3.05) is 9.80 Å². The third-order valence-electron chi connectivity index (χ3n) is 20.5. The highest BCUT2D eigenvalue weighted by Gasteiger charge is 2.38. The molecule has 3 aliphatic rings. The highest BCUT2D eigenvalue weighted by atomic mass is 15.2. The molecule has 0 aliphatic heterocycles. The van der Waals surface area contributed by atoms with Gasteiger partial charge < -0.3 is 9.80 Å². The maximum Gasteiger partial charge on any atom is 0.0467 e. The van der Waals surface area contributed by atoms with E-state index in [2.05, 4.69) is 367 Å². The maximum absolute atomic E-state index is 2.50. The van der Waals surface area contributed by atoms with Crippen molar-refractivity contribution < 1.29 is 0 Å². The van der Waals surface area contributed by atoms with Crippen LogP contribution in [0.4, 0.5) is 28.4 Å². The molecule has 0 saturated heterocycles. The molecule has 2 heteroatoms. The molecule has 0 fully saturated rings. The lowest BCUT2D eigenvalue weighted by Gasteiger charge is -2.39. The van der Waals surface area contributed by atoms with Crippen LogP contribution < -0.4 is 9.80 Å². The van der Waals surface area contributed by atoms with Gasteiger partial charge in [-0.05, 0) is 219 Å². The van der Waals surface area contributed by atoms with Gasteiger partial charge in [0.2, 0.25) is 0 Å². The summed E-state index contributed by atoms with van der Waals surface area (Å²) < 4.78 is 0. The minimum atomic E-state index is -0.187. The lowest BCUT2D eigenvalue weighted by Crippen LogP contribution is -2.28. The Kier molecular flexibility index (Phi) is 14.8. The van der Waals surface area contributed by atoms with E-state index >= 15 is 0 Å². The fourth-order valence-corrected chi connectivity index (χ4v) is 15.0. The second kappa shape index (κ2) is 22.7. The number of anilines is 5. The zero-order valence-corrected chi connectivity index (χ0v) is 56.1. The van der Waals surface area contributed by atoms with Gasteiger partial charge in [0.05, 0.1) is 0 Å². The summed E-state index contributed by atoms with van der Waals surface area (Å²) in [6, 6.07) is 96.3. The van der Waals surface area contributed by atoms with E-state index in [0.717, 1.165) is 29.2 Å². The molecule has 2 nitrogen and oxygen atoms in total. The summed E-state index contributed by atoms with van der Waals surface area (Å²) in [4.78, 5) is 4.94. The van der Waals surface area contributed by atoms with Crippen molar-refractivity contribution in [2.45, 2.75) is 118 Å². The predicted molar refractivity (Wildman–Crippen MR) is 394 cm³/mol. The van der Waals surface area contributed by atoms with E-state index in [1.54, 1.807) is 0 Å². The van der Waals surface area contributed by atoms with Gasteiger partial charge in [-0.15, -0.1) is 0 Å². The van der Waals surface area contributed by atoms with Crippen LogP contribution in [0.2, 0.25) is 0 Å². The minimum absolute atomic E-state index is 0.0555. The quantitative estimate of drug-likeness (QED) is 0.127. The normalized spacial score (nSPS) is 15.4. The Hall–Kier alpha value is -9.50. The Morgan fingerprint density at radius 3 is 1.15 bits per heavy atom. The van der Waals surface area contributed by atoms with Crippen LogP contribution in [0.1, 0.15) is 135 Å². The summed E-state index contributed by atoms with van der Waals surface area (Å²) in [5.74, 6) is 0.339. The van der Waals surface area contributed by atoms with Gasteiger partial charge in [-0.1, -0.05) is 278 Å². The summed E-state index contributed by atoms with van der Waals surface area (Å²) in [5.41, 5.74) is 32.8. The molecule has 0 saturated carbocycles. The fourth-order valence-electron chi connectivity index (χ4n) is 15.0. The summed E-state index contributed by atoms with van der Waals surface area (Å²) in [7, 11) is 0. The van der Waals surface area contributed by atoms with Crippen LogP contribution >= 0.6 is 0 Å². The molecule has 11 aromatic rings. The number of hydrogen-bond acceptors (Lipinski definition) is 2. The molecular weight excluding hydrogens is 1110 g/mol. The Balaban J connectivity index is 0.719. The first-order chi connectivity index (χ1) is 44.0. The van der Waals surface area contributed by atoms with Crippen molar-refractivity contribution in [3.05, 3.63) is 312 Å². The summed E-state index contributed by atoms with van der Waals surface area (Å²) in [6.45, 7) is 30.4. The average Bonchev–Trinajstić information content (AvgIpc) is 1.57. The molecule has 11 aromatic carbocycles. The van der Waals surface area contributed by atoms with E-state index in [0.29, 0.717) is 5.92 Å². The van der Waals surface area contributed by atoms with Crippen molar-refractivity contribution >= 4 is 34.0 Å². The standard InChI is InChI=1S/C90H86N2/c1-86(2,3)68-39-43-70(44-40-68)91(74-47-51-76(63-21-15-14-16-22-63)82(57-74)88(7,8)9)72-25-19-23-64(53-72)59-29-33-61(34-30-59)66-37-49-78-79-50-38-67(56-84(79)90(12,13)83(78)55-66)62-35-31-60(32-36-62)65-24-20-26-73(54-65)92(71-45-41-69(42-46-71)87(4,5)6)75-48-52-80-77-27-17-18-28-81(77)89(10,11)85(80)58-75/h14-56,58,82H,57H2,1-13H3. The van der Waals surface area contributed by atoms with Crippen LogP contribution in [-0.4, -0.2) is 0 Å². The number of benzene rings is 11. The predicted octanol–water partition coefficient (Wildman–Crippen LogP) is 25.2. The number of nitrogens with zero attached hydrogens (tertiary/aromatic N) is 2. The van der Waals surface area contributed by atoms with E-state index in [-0.39, 0.29) is 27.1 Å². The summed E-state index contributed by atoms with van der Waals surface area (Å²) >= 11 is 0. The van der Waals surface area contributed by atoms with Crippen LogP contribution in [-0.2, 0) is 21.7 Å². The topological polar surface area (TPSA) is 6.48 Å². The minimum Gasteiger partial charge on any atom is -0.314 e. The lowest BCUT2D eigenvalue weighted by molar-refractivity contribution is 0.298. The van der Waals surface area contributed by atoms with Gasteiger partial charge in [-0.25, -0.2) is 0 Å². The molecule has 0 N–H and O–H groups in total. The van der Waals surface area contributed by atoms with E-state index < -0.39 is 0 Å². The maximum atomic E-state index is 2.50. The van der Waals surface area contributed by atoms with Gasteiger partial charge >= 0.3 is 0 Å². The van der Waals surface area contributed by atoms with E-state index in [1.165, 1.54) is 123 Å². The van der Waals surface area contributed by atoms with Gasteiger partial charge in [-0.2, -0.15) is 0 Å². The first-order valence-corrected chi connectivity index (χ1v) is 33.2. The Labute approximate surface area is 548 Å². The summed E-state index contributed by atoms with van der Waals surface area (Å²) in [5, 5.41) is 0. The molecule has 92 heavy (non-hydrogen) atoms. The van der Waals surface area contributed by atoms with Crippen molar-refractivity contribution in [1.29, 1.82) is 0 Å². The molecule has 1 unspecified atom stereocenters. The lowest BCUT2D eigenvalue weighted by atomic mass is 9.70. The molecule has 456 valence electrons. The SMILES string of the molecule is CC(C)(C)c1ccc(N(C2=CC=C(c3ccccc3)C(C(C)(C)C)C2)c2cccc(-c3ccc(-c4ccc5c(c4)C(C)(C)c4cc(-c6ccc(-c7cccc(N(c8ccc(C(C)(C)C)cc8)c8ccc9c(c8)C(C)(C)c8ccccc8-9)c7)cc6)ccc4-5)cc3)c2)cc1. The van der Waals surface area contributed by atoms with Gasteiger partial charge in [0.25, 0.3) is 0 Å². The monoisotopic (exact) mass is 1190 g/mol. The van der Waals surface area contributed by atoms with Crippen molar-refractivity contribution in [3.63, 3.8) is 0 Å². The largest absolute Gasteiger partial charge is 0.314 e. The van der Waals surface area contributed by atoms with Gasteiger partial charge in [0.15, 0.2) is 0 Å². The highest BCUT2D eigenvalue weighted by molar-refractivity contribution is 5.89. The molecular formula is C90H86N2. The molecule has 0 spiro atoms. The number of allylic oxidation sites excluding steroid dienone is 4. The number of rotatable bonds is 11. The van der Waals surface area contributed by atoms with Crippen molar-refractivity contribution in [2.24, 2.45) is 11.3 Å². The second-order valence-corrected chi connectivity index (χ2v) is 30.3. The smallest absolute Gasteiger partial charge is 0.0467 e. The van der Waals surface area contributed by atoms with Crippen LogP contribution in [0, 0.1) is 11.3 Å². The van der Waals surface area contributed by atoms with E-state index in [1.807, 2.05) is 0 Å². The Morgan fingerprint density at radius 1 is 0.293 bits per heavy atom.